The molecule has 29 heavy (non-hydrogen) atoms. The summed E-state index contributed by atoms with van der Waals surface area (Å²) in [6, 6.07) is 19.3. The van der Waals surface area contributed by atoms with Gasteiger partial charge in [-0.05, 0) is 30.2 Å². The van der Waals surface area contributed by atoms with Crippen molar-refractivity contribution in [2.75, 3.05) is 0 Å². The van der Waals surface area contributed by atoms with Crippen molar-refractivity contribution in [3.05, 3.63) is 96.3 Å². The smallest absolute Gasteiger partial charge is 0.272 e. The zero-order valence-electron chi connectivity index (χ0n) is 15.5. The van der Waals surface area contributed by atoms with E-state index in [-0.39, 0.29) is 11.9 Å². The second kappa shape index (κ2) is 7.20. The quantitative estimate of drug-likeness (QED) is 0.488. The van der Waals surface area contributed by atoms with Crippen LogP contribution in [-0.4, -0.2) is 30.2 Å². The molecule has 0 aliphatic carbocycles. The van der Waals surface area contributed by atoms with E-state index in [1.54, 1.807) is 22.9 Å². The van der Waals surface area contributed by atoms with Crippen LogP contribution in [0.4, 0.5) is 0 Å². The van der Waals surface area contributed by atoms with E-state index in [9.17, 15) is 4.79 Å². The van der Waals surface area contributed by atoms with Crippen molar-refractivity contribution < 1.29 is 4.79 Å². The van der Waals surface area contributed by atoms with Crippen molar-refractivity contribution in [1.29, 1.82) is 0 Å². The number of amides is 1. The van der Waals surface area contributed by atoms with E-state index in [0.29, 0.717) is 23.7 Å². The third-order valence-corrected chi connectivity index (χ3v) is 4.79. The van der Waals surface area contributed by atoms with E-state index in [1.165, 1.54) is 0 Å². The van der Waals surface area contributed by atoms with Crippen molar-refractivity contribution >= 4 is 22.7 Å². The highest BCUT2D eigenvalue weighted by Gasteiger charge is 2.21. The maximum atomic E-state index is 12.9. The summed E-state index contributed by atoms with van der Waals surface area (Å²) in [6.07, 6.45) is 5.75. The summed E-state index contributed by atoms with van der Waals surface area (Å²) in [7, 11) is 0. The van der Waals surface area contributed by atoms with Gasteiger partial charge in [0, 0.05) is 18.6 Å². The third-order valence-electron chi connectivity index (χ3n) is 4.79. The molecule has 0 aliphatic rings. The molecule has 3 heterocycles. The Morgan fingerprint density at radius 2 is 1.86 bits per heavy atom. The van der Waals surface area contributed by atoms with Gasteiger partial charge in [0.15, 0.2) is 0 Å². The number of imidazole rings is 2. The average molecular weight is 382 g/mol. The molecule has 0 unspecified atom stereocenters. The van der Waals surface area contributed by atoms with Gasteiger partial charge >= 0.3 is 0 Å². The molecule has 0 aliphatic heterocycles. The fourth-order valence-corrected chi connectivity index (χ4v) is 3.37. The number of hydrogen-bond acceptors (Lipinski definition) is 4. The van der Waals surface area contributed by atoms with E-state index < -0.39 is 0 Å². The van der Waals surface area contributed by atoms with E-state index in [0.717, 1.165) is 16.6 Å². The molecule has 0 radical (unpaired) electrons. The predicted octanol–water partition coefficient (Wildman–Crippen LogP) is 3.32. The largest absolute Gasteiger partial charge is 0.340 e. The topological polar surface area (TPSA) is 88.0 Å². The molecule has 2 N–H and O–H groups in total. The van der Waals surface area contributed by atoms with Crippen molar-refractivity contribution in [2.24, 2.45) is 0 Å². The fourth-order valence-electron chi connectivity index (χ4n) is 3.37. The summed E-state index contributed by atoms with van der Waals surface area (Å²) < 4.78 is 1.72. The van der Waals surface area contributed by atoms with Gasteiger partial charge in [0.25, 0.3) is 5.91 Å². The summed E-state index contributed by atoms with van der Waals surface area (Å²) in [6.45, 7) is 0. The minimum absolute atomic E-state index is 0.267. The highest BCUT2D eigenvalue weighted by molar-refractivity contribution is 5.93. The monoisotopic (exact) mass is 382 g/mol. The van der Waals surface area contributed by atoms with Crippen LogP contribution < -0.4 is 5.32 Å². The van der Waals surface area contributed by atoms with Gasteiger partial charge in [0.1, 0.15) is 11.5 Å². The van der Waals surface area contributed by atoms with Gasteiger partial charge in [-0.25, -0.2) is 15.0 Å². The third kappa shape index (κ3) is 3.45. The molecular weight excluding hydrogens is 364 g/mol. The number of nitrogens with one attached hydrogen (secondary N) is 2. The van der Waals surface area contributed by atoms with Crippen LogP contribution in [0, 0.1) is 0 Å². The lowest BCUT2D eigenvalue weighted by Gasteiger charge is -2.16. The van der Waals surface area contributed by atoms with Gasteiger partial charge in [-0.1, -0.05) is 42.5 Å². The Morgan fingerprint density at radius 1 is 1.03 bits per heavy atom. The lowest BCUT2D eigenvalue weighted by Crippen LogP contribution is -2.31. The van der Waals surface area contributed by atoms with E-state index in [1.807, 2.05) is 60.8 Å². The number of rotatable bonds is 5. The Balaban J connectivity index is 1.48. The van der Waals surface area contributed by atoms with E-state index >= 15 is 0 Å². The van der Waals surface area contributed by atoms with Crippen LogP contribution >= 0.6 is 0 Å². The molecule has 0 spiro atoms. The molecule has 0 fully saturated rings. The van der Waals surface area contributed by atoms with Crippen LogP contribution in [0.15, 0.2) is 79.3 Å². The molecular formula is C22H18N6O. The van der Waals surface area contributed by atoms with E-state index in [4.69, 9.17) is 4.98 Å². The van der Waals surface area contributed by atoms with Crippen LogP contribution in [0.2, 0.25) is 0 Å². The van der Waals surface area contributed by atoms with Gasteiger partial charge in [0.05, 0.1) is 17.1 Å². The van der Waals surface area contributed by atoms with Crippen molar-refractivity contribution in [3.8, 4) is 0 Å². The molecule has 142 valence electrons. The Morgan fingerprint density at radius 3 is 2.69 bits per heavy atom. The van der Waals surface area contributed by atoms with Gasteiger partial charge < -0.3 is 10.3 Å². The minimum atomic E-state index is -0.324. The number of carbonyl (C=O) groups excluding carboxylic acids is 1. The second-order valence-electron chi connectivity index (χ2n) is 6.81. The Hall–Kier alpha value is -4.00. The molecule has 1 atom stereocenters. The molecule has 0 saturated carbocycles. The van der Waals surface area contributed by atoms with E-state index in [2.05, 4.69) is 20.3 Å². The first-order valence-corrected chi connectivity index (χ1v) is 9.35. The molecule has 5 rings (SSSR count). The molecule has 0 bridgehead atoms. The van der Waals surface area contributed by atoms with Crippen LogP contribution in [0.3, 0.4) is 0 Å². The van der Waals surface area contributed by atoms with Crippen molar-refractivity contribution in [2.45, 2.75) is 12.5 Å². The van der Waals surface area contributed by atoms with Gasteiger partial charge in [-0.2, -0.15) is 0 Å². The first kappa shape index (κ1) is 17.1. The van der Waals surface area contributed by atoms with Crippen molar-refractivity contribution in [3.63, 3.8) is 0 Å². The second-order valence-corrected chi connectivity index (χ2v) is 6.81. The summed E-state index contributed by atoms with van der Waals surface area (Å²) in [5, 5.41) is 3.08. The van der Waals surface area contributed by atoms with Crippen LogP contribution in [0.25, 0.3) is 16.8 Å². The first-order valence-electron chi connectivity index (χ1n) is 9.35. The van der Waals surface area contributed by atoms with Crippen LogP contribution in [0.1, 0.15) is 27.9 Å². The number of aromatic amines is 1. The standard InChI is InChI=1S/C22H18N6O/c29-21(19-14-28-12-6-11-23-22(28)27-19)26-18(13-15-7-2-1-3-8-15)20-24-16-9-4-5-10-17(16)25-20/h1-12,14,18H,13H2,(H,24,25)(H,26,29)/t18-/m0/s1. The molecule has 3 aromatic heterocycles. The lowest BCUT2D eigenvalue weighted by molar-refractivity contribution is 0.0930. The molecule has 0 saturated heterocycles. The zero-order chi connectivity index (χ0) is 19.6. The molecule has 2 aromatic carbocycles. The Labute approximate surface area is 166 Å². The van der Waals surface area contributed by atoms with Gasteiger partial charge in [0.2, 0.25) is 5.78 Å². The number of benzene rings is 2. The normalized spacial score (nSPS) is 12.3. The summed E-state index contributed by atoms with van der Waals surface area (Å²) in [5.41, 5.74) is 3.23. The zero-order valence-corrected chi connectivity index (χ0v) is 15.5. The summed E-state index contributed by atoms with van der Waals surface area (Å²) in [5.74, 6) is 0.933. The Bertz CT molecular complexity index is 1220. The predicted molar refractivity (Wildman–Crippen MR) is 109 cm³/mol. The fraction of sp³-hybridized carbons (Fsp3) is 0.0909. The first-order chi connectivity index (χ1) is 14.3. The number of H-pyrrole nitrogens is 1. The maximum Gasteiger partial charge on any atom is 0.272 e. The number of fused-ring (bicyclic) bond motifs is 2. The maximum absolute atomic E-state index is 12.9. The number of carbonyl (C=O) groups is 1. The average Bonchev–Trinajstić information content (AvgIpc) is 3.38. The minimum Gasteiger partial charge on any atom is -0.340 e. The van der Waals surface area contributed by atoms with Crippen LogP contribution in [0.5, 0.6) is 0 Å². The molecule has 7 nitrogen and oxygen atoms in total. The number of hydrogen-bond donors (Lipinski definition) is 2. The highest BCUT2D eigenvalue weighted by atomic mass is 16.2. The SMILES string of the molecule is O=C(N[C@@H](Cc1ccccc1)c1nc2ccccc2[nH]1)c1cn2cccnc2n1. The summed E-state index contributed by atoms with van der Waals surface area (Å²) in [4.78, 5) is 29.5. The Kier molecular flexibility index (Phi) is 4.25. The van der Waals surface area contributed by atoms with Crippen molar-refractivity contribution in [1.82, 2.24) is 29.7 Å². The summed E-state index contributed by atoms with van der Waals surface area (Å²) >= 11 is 0. The van der Waals surface area contributed by atoms with Gasteiger partial charge in [-0.3, -0.25) is 9.20 Å². The van der Waals surface area contributed by atoms with Crippen LogP contribution in [-0.2, 0) is 6.42 Å². The number of nitrogens with zero attached hydrogens (tertiary/aromatic N) is 4. The lowest BCUT2D eigenvalue weighted by atomic mass is 10.1. The molecule has 5 aromatic rings. The highest BCUT2D eigenvalue weighted by Crippen LogP contribution is 2.20. The van der Waals surface area contributed by atoms with Gasteiger partial charge in [-0.15, -0.1) is 0 Å². The number of para-hydroxylation sites is 2. The molecule has 1 amide bonds. The molecule has 7 heteroatoms. The number of aromatic nitrogens is 5.